The van der Waals surface area contributed by atoms with Crippen LogP contribution in [0.3, 0.4) is 0 Å². The summed E-state index contributed by atoms with van der Waals surface area (Å²) in [5.41, 5.74) is 9.07. The zero-order valence-corrected chi connectivity index (χ0v) is 16.3. The Morgan fingerprint density at radius 1 is 1.38 bits per heavy atom. The average Bonchev–Trinajstić information content (AvgIpc) is 3.20. The number of rotatable bonds is 5. The van der Waals surface area contributed by atoms with E-state index < -0.39 is 11.7 Å². The molecule has 1 aliphatic heterocycles. The van der Waals surface area contributed by atoms with E-state index in [0.717, 1.165) is 37.2 Å². The van der Waals surface area contributed by atoms with Gasteiger partial charge in [0.2, 0.25) is 0 Å². The Labute approximate surface area is 172 Å². The van der Waals surface area contributed by atoms with Crippen molar-refractivity contribution in [3.63, 3.8) is 0 Å². The topological polar surface area (TPSA) is 98.2 Å². The van der Waals surface area contributed by atoms with Crippen molar-refractivity contribution in [3.8, 4) is 0 Å². The van der Waals surface area contributed by atoms with Crippen molar-refractivity contribution in [2.45, 2.75) is 25.3 Å². The molecule has 0 aliphatic carbocycles. The second-order valence-electron chi connectivity index (χ2n) is 6.28. The number of pyridine rings is 1. The second-order valence-corrected chi connectivity index (χ2v) is 6.72. The zero-order valence-electron chi connectivity index (χ0n) is 15.5. The van der Waals surface area contributed by atoms with Crippen LogP contribution >= 0.6 is 11.6 Å². The summed E-state index contributed by atoms with van der Waals surface area (Å²) in [7, 11) is 0. The van der Waals surface area contributed by atoms with Crippen molar-refractivity contribution in [3.05, 3.63) is 70.6 Å². The summed E-state index contributed by atoms with van der Waals surface area (Å²) in [6, 6.07) is 7.17. The Morgan fingerprint density at radius 2 is 2.17 bits per heavy atom. The molecule has 0 spiro atoms. The number of nitrogens with zero attached hydrogens (tertiary/aromatic N) is 1. The molecule has 1 fully saturated rings. The Hall–Kier alpha value is -2.33. The highest BCUT2D eigenvalue weighted by Crippen LogP contribution is 2.32. The molecule has 1 aromatic heterocycles. The van der Waals surface area contributed by atoms with Gasteiger partial charge in [-0.15, -0.1) is 0 Å². The van der Waals surface area contributed by atoms with E-state index in [9.17, 15) is 13.2 Å². The van der Waals surface area contributed by atoms with Gasteiger partial charge in [-0.3, -0.25) is 10.8 Å². The first-order chi connectivity index (χ1) is 13.8. The quantitative estimate of drug-likeness (QED) is 0.431. The van der Waals surface area contributed by atoms with Crippen molar-refractivity contribution in [2.75, 3.05) is 13.1 Å². The molecule has 1 atom stereocenters. The normalized spacial score (nSPS) is 16.9. The molecule has 29 heavy (non-hydrogen) atoms. The molecule has 10 heteroatoms. The molecule has 6 N–H and O–H groups in total. The van der Waals surface area contributed by atoms with Crippen molar-refractivity contribution >= 4 is 17.3 Å². The Morgan fingerprint density at radius 3 is 2.76 bits per heavy atom. The fourth-order valence-electron chi connectivity index (χ4n) is 2.59. The van der Waals surface area contributed by atoms with Gasteiger partial charge in [0, 0.05) is 35.7 Å². The molecule has 0 bridgehead atoms. The molecule has 3 rings (SSSR count). The van der Waals surface area contributed by atoms with E-state index in [1.54, 1.807) is 12.4 Å². The molecule has 1 unspecified atom stereocenters. The molecule has 2 heterocycles. The number of halogens is 4. The minimum absolute atomic E-state index is 0.0679. The highest BCUT2D eigenvalue weighted by Gasteiger charge is 2.31. The monoisotopic (exact) mass is 429 g/mol. The van der Waals surface area contributed by atoms with Crippen LogP contribution in [0.5, 0.6) is 0 Å². The average molecular weight is 430 g/mol. The van der Waals surface area contributed by atoms with Crippen LogP contribution in [0.4, 0.5) is 13.2 Å². The van der Waals surface area contributed by atoms with Gasteiger partial charge in [-0.1, -0.05) is 11.6 Å². The van der Waals surface area contributed by atoms with E-state index in [2.05, 4.69) is 15.7 Å². The molecule has 2 aromatic rings. The Balaban J connectivity index is 0.000000234. The van der Waals surface area contributed by atoms with Crippen molar-refractivity contribution in [2.24, 2.45) is 11.6 Å². The van der Waals surface area contributed by atoms with Gasteiger partial charge in [0.05, 0.1) is 24.0 Å². The molecule has 0 amide bonds. The number of aromatic nitrogens is 1. The van der Waals surface area contributed by atoms with Gasteiger partial charge in [-0.05, 0) is 48.9 Å². The first kappa shape index (κ1) is 23.0. The van der Waals surface area contributed by atoms with Crippen LogP contribution in [-0.4, -0.2) is 24.2 Å². The molecule has 1 aliphatic rings. The highest BCUT2D eigenvalue weighted by molar-refractivity contribution is 6.30. The summed E-state index contributed by atoms with van der Waals surface area (Å²) < 4.78 is 43.3. The predicted molar refractivity (Wildman–Crippen MR) is 106 cm³/mol. The number of ether oxygens (including phenoxy) is 1. The van der Waals surface area contributed by atoms with E-state index in [1.165, 1.54) is 12.3 Å². The van der Waals surface area contributed by atoms with Gasteiger partial charge in [0.1, 0.15) is 0 Å². The largest absolute Gasteiger partial charge is 0.416 e. The SMILES string of the molecule is FC(F)(F)c1cc(Cl)cc(COC2CCNC2)c1.NN/C=C(\N)c1cccnc1. The summed E-state index contributed by atoms with van der Waals surface area (Å²) in [5.74, 6) is 5.04. The maximum absolute atomic E-state index is 12.6. The van der Waals surface area contributed by atoms with Crippen LogP contribution in [0.25, 0.3) is 5.70 Å². The fourth-order valence-corrected chi connectivity index (χ4v) is 2.85. The molecule has 158 valence electrons. The van der Waals surface area contributed by atoms with Gasteiger partial charge in [0.25, 0.3) is 0 Å². The van der Waals surface area contributed by atoms with Gasteiger partial charge in [-0.25, -0.2) is 0 Å². The lowest BCUT2D eigenvalue weighted by molar-refractivity contribution is -0.137. The smallest absolute Gasteiger partial charge is 0.397 e. The van der Waals surface area contributed by atoms with Crippen LogP contribution in [0.2, 0.25) is 5.02 Å². The van der Waals surface area contributed by atoms with Gasteiger partial charge in [0.15, 0.2) is 0 Å². The number of benzene rings is 1. The lowest BCUT2D eigenvalue weighted by Crippen LogP contribution is -2.16. The lowest BCUT2D eigenvalue weighted by Gasteiger charge is -2.13. The minimum atomic E-state index is -4.38. The lowest BCUT2D eigenvalue weighted by atomic mass is 10.1. The van der Waals surface area contributed by atoms with E-state index in [1.807, 2.05) is 12.1 Å². The van der Waals surface area contributed by atoms with Gasteiger partial charge >= 0.3 is 6.18 Å². The third-order valence-electron chi connectivity index (χ3n) is 4.02. The molecule has 0 saturated carbocycles. The first-order valence-electron chi connectivity index (χ1n) is 8.80. The van der Waals surface area contributed by atoms with Crippen molar-refractivity contribution in [1.82, 2.24) is 15.7 Å². The zero-order chi connectivity index (χ0) is 21.3. The summed E-state index contributed by atoms with van der Waals surface area (Å²) >= 11 is 5.68. The van der Waals surface area contributed by atoms with E-state index in [-0.39, 0.29) is 17.7 Å². The van der Waals surface area contributed by atoms with Crippen LogP contribution in [0, 0.1) is 0 Å². The number of alkyl halides is 3. The Kier molecular flexibility index (Phi) is 8.71. The van der Waals surface area contributed by atoms with E-state index in [0.29, 0.717) is 11.3 Å². The number of hydrogen-bond donors (Lipinski definition) is 4. The van der Waals surface area contributed by atoms with Crippen LogP contribution < -0.4 is 22.3 Å². The van der Waals surface area contributed by atoms with Gasteiger partial charge in [-0.2, -0.15) is 13.2 Å². The first-order valence-corrected chi connectivity index (χ1v) is 9.18. The molecular weight excluding hydrogens is 407 g/mol. The van der Waals surface area contributed by atoms with Crippen LogP contribution in [0.15, 0.2) is 48.9 Å². The number of hydrogen-bond acceptors (Lipinski definition) is 6. The minimum Gasteiger partial charge on any atom is -0.397 e. The third-order valence-corrected chi connectivity index (χ3v) is 4.24. The van der Waals surface area contributed by atoms with Crippen molar-refractivity contribution in [1.29, 1.82) is 0 Å². The van der Waals surface area contributed by atoms with Crippen LogP contribution in [-0.2, 0) is 17.5 Å². The molecule has 1 saturated heterocycles. The predicted octanol–water partition coefficient (Wildman–Crippen LogP) is 3.04. The summed E-state index contributed by atoms with van der Waals surface area (Å²) in [4.78, 5) is 3.90. The highest BCUT2D eigenvalue weighted by atomic mass is 35.5. The number of nitrogens with two attached hydrogens (primary N) is 2. The standard InChI is InChI=1S/C12H13ClF3NO.C7H10N4/c13-10-4-8(3-9(5-10)12(14,15)16)7-18-11-1-2-17-6-11;8-7(5-11-9)6-2-1-3-10-4-6/h3-5,11,17H,1-2,6-7H2;1-5,11H,8-9H2/b;7-5-. The van der Waals surface area contributed by atoms with Crippen LogP contribution in [0.1, 0.15) is 23.1 Å². The summed E-state index contributed by atoms with van der Waals surface area (Å²) in [5, 5.41) is 3.20. The molecule has 6 nitrogen and oxygen atoms in total. The molecule has 1 aromatic carbocycles. The molecule has 0 radical (unpaired) electrons. The van der Waals surface area contributed by atoms with E-state index >= 15 is 0 Å². The number of nitrogens with one attached hydrogen (secondary N) is 2. The summed E-state index contributed by atoms with van der Waals surface area (Å²) in [6.07, 6.45) is 1.44. The Bertz CT molecular complexity index is 796. The number of hydrazine groups is 1. The maximum atomic E-state index is 12.6. The second kappa shape index (κ2) is 11.0. The fraction of sp³-hybridized carbons (Fsp3) is 0.316. The van der Waals surface area contributed by atoms with Crippen molar-refractivity contribution < 1.29 is 17.9 Å². The van der Waals surface area contributed by atoms with Gasteiger partial charge < -0.3 is 21.2 Å². The maximum Gasteiger partial charge on any atom is 0.416 e. The van der Waals surface area contributed by atoms with E-state index in [4.69, 9.17) is 27.9 Å². The molecular formula is C19H23ClF3N5O. The summed E-state index contributed by atoms with van der Waals surface area (Å²) in [6.45, 7) is 1.77. The third kappa shape index (κ3) is 7.90.